The minimum absolute atomic E-state index is 0.0211. The molecular formula is C26H25N3O6. The molecule has 2 amide bonds. The molecule has 0 spiro atoms. The fourth-order valence-corrected chi connectivity index (χ4v) is 5.04. The van der Waals surface area contributed by atoms with E-state index in [1.807, 2.05) is 24.3 Å². The highest BCUT2D eigenvalue weighted by atomic mass is 16.5. The highest BCUT2D eigenvalue weighted by molar-refractivity contribution is 5.85. The van der Waals surface area contributed by atoms with Gasteiger partial charge in [0, 0.05) is 18.0 Å². The molecule has 2 aliphatic carbocycles. The summed E-state index contributed by atoms with van der Waals surface area (Å²) in [4.78, 5) is 36.3. The number of amides is 2. The molecule has 180 valence electrons. The number of carboxylic acid groups (broad SMARTS) is 1. The van der Waals surface area contributed by atoms with Crippen LogP contribution in [0.4, 0.5) is 4.79 Å². The van der Waals surface area contributed by atoms with Crippen LogP contribution in [0.5, 0.6) is 0 Å². The number of hydrogen-bond acceptors (Lipinski definition) is 6. The Balaban J connectivity index is 1.16. The topological polar surface area (TPSA) is 131 Å². The average Bonchev–Trinajstić information content (AvgIpc) is 3.59. The van der Waals surface area contributed by atoms with Gasteiger partial charge in [0.15, 0.2) is 11.5 Å². The number of alkyl carbamates (subject to hydrolysis) is 1. The molecule has 2 aliphatic rings. The monoisotopic (exact) mass is 475 g/mol. The third-order valence-corrected chi connectivity index (χ3v) is 6.71. The molecule has 0 saturated heterocycles. The number of carbonyl (C=O) groups excluding carboxylic acids is 2. The molecule has 9 heteroatoms. The lowest BCUT2D eigenvalue weighted by Crippen LogP contribution is -2.44. The van der Waals surface area contributed by atoms with E-state index in [1.54, 1.807) is 0 Å². The second-order valence-electron chi connectivity index (χ2n) is 8.82. The maximum Gasteiger partial charge on any atom is 0.407 e. The summed E-state index contributed by atoms with van der Waals surface area (Å²) >= 11 is 0. The van der Waals surface area contributed by atoms with E-state index in [0.29, 0.717) is 12.8 Å². The summed E-state index contributed by atoms with van der Waals surface area (Å²) in [6, 6.07) is 17.2. The molecule has 2 atom stereocenters. The van der Waals surface area contributed by atoms with Crippen LogP contribution in [0, 0.1) is 5.92 Å². The Morgan fingerprint density at radius 2 is 1.71 bits per heavy atom. The van der Waals surface area contributed by atoms with Crippen molar-refractivity contribution in [3.63, 3.8) is 0 Å². The van der Waals surface area contributed by atoms with Gasteiger partial charge in [-0.15, -0.1) is 0 Å². The number of ether oxygens (including phenoxy) is 1. The van der Waals surface area contributed by atoms with Crippen LogP contribution in [0.2, 0.25) is 0 Å². The Bertz CT molecular complexity index is 1220. The number of benzene rings is 2. The Hall–Kier alpha value is -4.14. The SMILES string of the molecule is O=C(N[C@H]1CCC[C@H]1C(=O)NCc1cc(C(=O)O)no1)OCC1c2ccccc2-c2ccccc21. The summed E-state index contributed by atoms with van der Waals surface area (Å²) in [6.45, 7) is 0.230. The quantitative estimate of drug-likeness (QED) is 0.475. The number of carbonyl (C=O) groups is 3. The maximum absolute atomic E-state index is 12.7. The third kappa shape index (κ3) is 4.62. The standard InChI is InChI=1S/C26H25N3O6/c30-24(27-13-15-12-23(25(31)32)29-35-15)20-10-5-11-22(20)28-26(33)34-14-21-18-8-3-1-6-16(18)17-7-2-4-9-19(17)21/h1-4,6-9,12,20-22H,5,10-11,13-14H2,(H,27,30)(H,28,33)(H,31,32)/t20-,22+/m1/s1. The first-order valence-corrected chi connectivity index (χ1v) is 11.6. The summed E-state index contributed by atoms with van der Waals surface area (Å²) < 4.78 is 10.5. The summed E-state index contributed by atoms with van der Waals surface area (Å²) in [7, 11) is 0. The molecule has 35 heavy (non-hydrogen) atoms. The van der Waals surface area contributed by atoms with Crippen molar-refractivity contribution in [2.24, 2.45) is 5.92 Å². The van der Waals surface area contributed by atoms with Gasteiger partial charge < -0.3 is 25.0 Å². The number of fused-ring (bicyclic) bond motifs is 3. The van der Waals surface area contributed by atoms with Crippen molar-refractivity contribution >= 4 is 18.0 Å². The van der Waals surface area contributed by atoms with Crippen LogP contribution in [-0.2, 0) is 16.1 Å². The van der Waals surface area contributed by atoms with Crippen LogP contribution in [-0.4, -0.2) is 40.9 Å². The van der Waals surface area contributed by atoms with Gasteiger partial charge in [0.1, 0.15) is 6.61 Å². The zero-order chi connectivity index (χ0) is 24.4. The predicted molar refractivity (Wildman–Crippen MR) is 125 cm³/mol. The molecule has 3 aromatic rings. The van der Waals surface area contributed by atoms with E-state index in [0.717, 1.165) is 28.7 Å². The van der Waals surface area contributed by atoms with Gasteiger partial charge in [0.05, 0.1) is 12.5 Å². The molecule has 0 unspecified atom stereocenters. The molecule has 5 rings (SSSR count). The number of aromatic carboxylic acids is 1. The van der Waals surface area contributed by atoms with Crippen LogP contribution >= 0.6 is 0 Å². The van der Waals surface area contributed by atoms with Crippen LogP contribution in [0.3, 0.4) is 0 Å². The zero-order valence-corrected chi connectivity index (χ0v) is 18.9. The average molecular weight is 476 g/mol. The molecule has 0 bridgehead atoms. The predicted octanol–water partition coefficient (Wildman–Crippen LogP) is 3.70. The Morgan fingerprint density at radius 1 is 1.03 bits per heavy atom. The molecule has 0 aliphatic heterocycles. The van der Waals surface area contributed by atoms with Gasteiger partial charge in [0.2, 0.25) is 5.91 Å². The Labute approximate surface area is 201 Å². The van der Waals surface area contributed by atoms with E-state index in [4.69, 9.17) is 14.4 Å². The van der Waals surface area contributed by atoms with Crippen LogP contribution in [0.15, 0.2) is 59.1 Å². The van der Waals surface area contributed by atoms with Gasteiger partial charge in [-0.3, -0.25) is 4.79 Å². The van der Waals surface area contributed by atoms with Gasteiger partial charge in [-0.1, -0.05) is 60.1 Å². The number of aromatic nitrogens is 1. The first-order valence-electron chi connectivity index (χ1n) is 11.6. The molecule has 1 saturated carbocycles. The van der Waals surface area contributed by atoms with Crippen LogP contribution in [0.1, 0.15) is 52.6 Å². The number of carboxylic acids is 1. The van der Waals surface area contributed by atoms with Crippen molar-refractivity contribution in [2.75, 3.05) is 6.61 Å². The normalized spacial score (nSPS) is 18.5. The van der Waals surface area contributed by atoms with Gasteiger partial charge >= 0.3 is 12.1 Å². The first kappa shape index (κ1) is 22.6. The molecule has 0 radical (unpaired) electrons. The smallest absolute Gasteiger partial charge is 0.407 e. The van der Waals surface area contributed by atoms with Crippen LogP contribution < -0.4 is 10.6 Å². The van der Waals surface area contributed by atoms with Crippen LogP contribution in [0.25, 0.3) is 11.1 Å². The van der Waals surface area contributed by atoms with Gasteiger partial charge in [-0.2, -0.15) is 0 Å². The van der Waals surface area contributed by atoms with Crippen molar-refractivity contribution in [1.29, 1.82) is 0 Å². The Kier molecular flexibility index (Phi) is 6.22. The summed E-state index contributed by atoms with van der Waals surface area (Å²) in [5.74, 6) is -1.63. The highest BCUT2D eigenvalue weighted by Gasteiger charge is 2.35. The minimum Gasteiger partial charge on any atom is -0.476 e. The summed E-state index contributed by atoms with van der Waals surface area (Å²) in [6.07, 6.45) is 1.57. The molecule has 1 aromatic heterocycles. The molecule has 1 fully saturated rings. The summed E-state index contributed by atoms with van der Waals surface area (Å²) in [5, 5.41) is 17.9. The lowest BCUT2D eigenvalue weighted by Gasteiger charge is -2.21. The van der Waals surface area contributed by atoms with Crippen molar-refractivity contribution in [3.8, 4) is 11.1 Å². The number of nitrogens with one attached hydrogen (secondary N) is 2. The fourth-order valence-electron chi connectivity index (χ4n) is 5.04. The van der Waals surface area contributed by atoms with Gasteiger partial charge in [-0.05, 0) is 35.1 Å². The third-order valence-electron chi connectivity index (χ3n) is 6.71. The fraction of sp³-hybridized carbons (Fsp3) is 0.308. The number of rotatable bonds is 7. The summed E-state index contributed by atoms with van der Waals surface area (Å²) in [5.41, 5.74) is 4.37. The molecule has 9 nitrogen and oxygen atoms in total. The first-order chi connectivity index (χ1) is 17.0. The maximum atomic E-state index is 12.7. The lowest BCUT2D eigenvalue weighted by molar-refractivity contribution is -0.125. The zero-order valence-electron chi connectivity index (χ0n) is 18.9. The minimum atomic E-state index is -1.20. The van der Waals surface area contributed by atoms with E-state index >= 15 is 0 Å². The second kappa shape index (κ2) is 9.61. The lowest BCUT2D eigenvalue weighted by atomic mass is 9.98. The van der Waals surface area contributed by atoms with E-state index in [2.05, 4.69) is 40.1 Å². The van der Waals surface area contributed by atoms with E-state index in [-0.39, 0.29) is 42.5 Å². The van der Waals surface area contributed by atoms with Crippen molar-refractivity contribution in [1.82, 2.24) is 15.8 Å². The molecular weight excluding hydrogens is 450 g/mol. The molecule has 3 N–H and O–H groups in total. The highest BCUT2D eigenvalue weighted by Crippen LogP contribution is 2.44. The van der Waals surface area contributed by atoms with E-state index < -0.39 is 18.0 Å². The molecule has 1 heterocycles. The molecule has 2 aromatic carbocycles. The van der Waals surface area contributed by atoms with Crippen molar-refractivity contribution < 1.29 is 28.8 Å². The number of hydrogen-bond donors (Lipinski definition) is 3. The largest absolute Gasteiger partial charge is 0.476 e. The number of nitrogens with zero attached hydrogens (tertiary/aromatic N) is 1. The van der Waals surface area contributed by atoms with E-state index in [1.165, 1.54) is 6.07 Å². The van der Waals surface area contributed by atoms with Gasteiger partial charge in [0.25, 0.3) is 0 Å². The van der Waals surface area contributed by atoms with Crippen molar-refractivity contribution in [2.45, 2.75) is 37.8 Å². The van der Waals surface area contributed by atoms with Crippen molar-refractivity contribution in [3.05, 3.63) is 77.2 Å². The van der Waals surface area contributed by atoms with Gasteiger partial charge in [-0.25, -0.2) is 9.59 Å². The second-order valence-corrected chi connectivity index (χ2v) is 8.82. The Morgan fingerprint density at radius 3 is 2.37 bits per heavy atom. The van der Waals surface area contributed by atoms with E-state index in [9.17, 15) is 14.4 Å².